The molecular formula is C22H26O3S2. The van der Waals surface area contributed by atoms with Gasteiger partial charge in [0.2, 0.25) is 0 Å². The van der Waals surface area contributed by atoms with Crippen molar-refractivity contribution in [1.29, 1.82) is 0 Å². The van der Waals surface area contributed by atoms with Crippen molar-refractivity contribution in [2.75, 3.05) is 0 Å². The first-order valence-electron chi connectivity index (χ1n) is 9.57. The summed E-state index contributed by atoms with van der Waals surface area (Å²) in [5.74, 6) is 0. The molecule has 27 heavy (non-hydrogen) atoms. The van der Waals surface area contributed by atoms with Crippen molar-refractivity contribution in [3.63, 3.8) is 0 Å². The van der Waals surface area contributed by atoms with Gasteiger partial charge in [0, 0.05) is 9.79 Å². The lowest BCUT2D eigenvalue weighted by molar-refractivity contribution is -0.0896. The molecule has 2 aliphatic heterocycles. The van der Waals surface area contributed by atoms with Crippen molar-refractivity contribution in [3.05, 3.63) is 59.7 Å². The Kier molecular flexibility index (Phi) is 5.48. The van der Waals surface area contributed by atoms with Gasteiger partial charge in [0.1, 0.15) is 4.93 Å². The van der Waals surface area contributed by atoms with E-state index in [1.54, 1.807) is 11.8 Å². The lowest BCUT2D eigenvalue weighted by atomic mass is 10.0. The molecule has 0 saturated carbocycles. The second-order valence-corrected chi connectivity index (χ2v) is 10.5. The molecule has 0 amide bonds. The van der Waals surface area contributed by atoms with Crippen molar-refractivity contribution in [2.45, 2.75) is 72.4 Å². The van der Waals surface area contributed by atoms with E-state index in [2.05, 4.69) is 38.1 Å². The quantitative estimate of drug-likeness (QED) is 0.687. The van der Waals surface area contributed by atoms with Crippen molar-refractivity contribution >= 4 is 22.6 Å². The van der Waals surface area contributed by atoms with E-state index >= 15 is 0 Å². The number of rotatable bonds is 5. The highest BCUT2D eigenvalue weighted by Gasteiger charge is 2.56. The van der Waals surface area contributed by atoms with Gasteiger partial charge >= 0.3 is 0 Å². The second kappa shape index (κ2) is 7.70. The molecule has 5 heteroatoms. The maximum Gasteiger partial charge on any atom is 0.174 e. The molecule has 0 aromatic heterocycles. The highest BCUT2D eigenvalue weighted by molar-refractivity contribution is 8.00. The zero-order valence-electron chi connectivity index (χ0n) is 16.0. The molecule has 0 radical (unpaired) electrons. The molecule has 144 valence electrons. The largest absolute Gasteiger partial charge is 0.344 e. The molecule has 2 bridgehead atoms. The Bertz CT molecular complexity index is 818. The van der Waals surface area contributed by atoms with Crippen LogP contribution in [0.15, 0.2) is 58.3 Å². The second-order valence-electron chi connectivity index (χ2n) is 7.43. The Morgan fingerprint density at radius 1 is 1.07 bits per heavy atom. The van der Waals surface area contributed by atoms with Gasteiger partial charge in [0.05, 0.1) is 22.2 Å². The first kappa shape index (κ1) is 19.2. The van der Waals surface area contributed by atoms with Gasteiger partial charge in [-0.15, -0.1) is 0 Å². The van der Waals surface area contributed by atoms with Gasteiger partial charge in [-0.1, -0.05) is 54.1 Å². The molecule has 3 nitrogen and oxygen atoms in total. The molecule has 2 aromatic rings. The Balaban J connectivity index is 1.54. The van der Waals surface area contributed by atoms with Crippen molar-refractivity contribution < 1.29 is 13.7 Å². The van der Waals surface area contributed by atoms with E-state index in [-0.39, 0.29) is 16.3 Å². The maximum atomic E-state index is 13.1. The normalized spacial score (nSPS) is 31.0. The maximum absolute atomic E-state index is 13.1. The molecule has 0 spiro atoms. The average Bonchev–Trinajstić information content (AvgIpc) is 2.95. The minimum atomic E-state index is -1.13. The SMILES string of the molecule is CC[C@H]1O[C@H]2O[C@]1(Sc1ccc(C)cc1)CC[C@@H]2S(=O)c1ccc(C)cc1. The summed E-state index contributed by atoms with van der Waals surface area (Å²) in [6.45, 7) is 6.27. The minimum Gasteiger partial charge on any atom is -0.344 e. The van der Waals surface area contributed by atoms with Gasteiger partial charge in [-0.25, -0.2) is 0 Å². The Hall–Kier alpha value is -1.14. The molecule has 4 rings (SSSR count). The van der Waals surface area contributed by atoms with E-state index in [0.29, 0.717) is 0 Å². The predicted octanol–water partition coefficient (Wildman–Crippen LogP) is 5.21. The monoisotopic (exact) mass is 402 g/mol. The summed E-state index contributed by atoms with van der Waals surface area (Å²) in [7, 11) is -1.13. The fraction of sp³-hybridized carbons (Fsp3) is 0.455. The third-order valence-corrected chi connectivity index (χ3v) is 8.56. The molecule has 2 aromatic carbocycles. The van der Waals surface area contributed by atoms with E-state index in [9.17, 15) is 4.21 Å². The van der Waals surface area contributed by atoms with Gasteiger partial charge in [-0.05, 0) is 57.4 Å². The summed E-state index contributed by atoms with van der Waals surface area (Å²) in [5, 5.41) is -0.115. The molecule has 1 unspecified atom stereocenters. The van der Waals surface area contributed by atoms with Gasteiger partial charge in [0.25, 0.3) is 0 Å². The lowest BCUT2D eigenvalue weighted by Gasteiger charge is -2.36. The van der Waals surface area contributed by atoms with Crippen LogP contribution in [0.4, 0.5) is 0 Å². The number of ether oxygens (including phenoxy) is 2. The number of aryl methyl sites for hydroxylation is 2. The minimum absolute atomic E-state index is 0.0221. The zero-order valence-corrected chi connectivity index (χ0v) is 17.6. The van der Waals surface area contributed by atoms with Crippen LogP contribution in [0, 0.1) is 13.8 Å². The third kappa shape index (κ3) is 3.75. The van der Waals surface area contributed by atoms with Gasteiger partial charge in [-0.2, -0.15) is 0 Å². The number of hydrogen-bond acceptors (Lipinski definition) is 4. The highest BCUT2D eigenvalue weighted by Crippen LogP contribution is 2.52. The third-order valence-electron chi connectivity index (χ3n) is 5.40. The summed E-state index contributed by atoms with van der Waals surface area (Å²) >= 11 is 1.76. The van der Waals surface area contributed by atoms with Crippen molar-refractivity contribution in [3.8, 4) is 0 Å². The van der Waals surface area contributed by atoms with E-state index in [0.717, 1.165) is 24.2 Å². The Labute approximate surface area is 168 Å². The molecule has 5 atom stereocenters. The summed E-state index contributed by atoms with van der Waals surface area (Å²) in [6, 6.07) is 16.5. The van der Waals surface area contributed by atoms with Crippen LogP contribution in [-0.2, 0) is 20.3 Å². The van der Waals surface area contributed by atoms with E-state index in [4.69, 9.17) is 9.47 Å². The van der Waals surface area contributed by atoms with Gasteiger partial charge in [-0.3, -0.25) is 4.21 Å². The van der Waals surface area contributed by atoms with E-state index < -0.39 is 17.1 Å². The van der Waals surface area contributed by atoms with E-state index in [1.807, 2.05) is 31.2 Å². The Morgan fingerprint density at radius 3 is 2.33 bits per heavy atom. The van der Waals surface area contributed by atoms with Crippen LogP contribution in [0.1, 0.15) is 37.3 Å². The summed E-state index contributed by atoms with van der Waals surface area (Å²) in [4.78, 5) is 1.68. The number of hydrogen-bond donors (Lipinski definition) is 0. The molecule has 2 saturated heterocycles. The molecule has 2 aliphatic rings. The van der Waals surface area contributed by atoms with Crippen LogP contribution in [-0.4, -0.2) is 26.8 Å². The predicted molar refractivity (Wildman–Crippen MR) is 110 cm³/mol. The fourth-order valence-electron chi connectivity index (χ4n) is 3.84. The van der Waals surface area contributed by atoms with Gasteiger partial charge < -0.3 is 9.47 Å². The zero-order chi connectivity index (χ0) is 19.0. The molecule has 0 N–H and O–H groups in total. The van der Waals surface area contributed by atoms with Crippen molar-refractivity contribution in [1.82, 2.24) is 0 Å². The smallest absolute Gasteiger partial charge is 0.174 e. The number of fused-ring (bicyclic) bond motifs is 2. The van der Waals surface area contributed by atoms with Crippen LogP contribution in [0.5, 0.6) is 0 Å². The first-order valence-corrected chi connectivity index (χ1v) is 11.6. The highest BCUT2D eigenvalue weighted by atomic mass is 32.2. The van der Waals surface area contributed by atoms with Crippen LogP contribution in [0.3, 0.4) is 0 Å². The topological polar surface area (TPSA) is 35.5 Å². The van der Waals surface area contributed by atoms with Crippen LogP contribution >= 0.6 is 11.8 Å². The number of benzene rings is 2. The fourth-order valence-corrected chi connectivity index (χ4v) is 6.63. The standard InChI is InChI=1S/C22H26O3S2/c1-4-20-22(26-17-9-5-15(2)6-10-17)14-13-19(21(24-20)25-22)27(23)18-11-7-16(3)8-12-18/h5-12,19-21H,4,13-14H2,1-3H3/t19-,20+,21-,22-,27?/m0/s1. The lowest BCUT2D eigenvalue weighted by Crippen LogP contribution is -2.42. The summed E-state index contributed by atoms with van der Waals surface area (Å²) in [6.07, 6.45) is 2.21. The molecular weight excluding hydrogens is 376 g/mol. The van der Waals surface area contributed by atoms with Crippen LogP contribution in [0.2, 0.25) is 0 Å². The number of thioether (sulfide) groups is 1. The van der Waals surface area contributed by atoms with Crippen molar-refractivity contribution in [2.24, 2.45) is 0 Å². The summed E-state index contributed by atoms with van der Waals surface area (Å²) in [5.41, 5.74) is 2.43. The average molecular weight is 403 g/mol. The first-order chi connectivity index (χ1) is 13.0. The van der Waals surface area contributed by atoms with Crippen LogP contribution in [0.25, 0.3) is 0 Å². The molecule has 2 heterocycles. The molecule has 2 fully saturated rings. The molecule has 0 aliphatic carbocycles. The summed E-state index contributed by atoms with van der Waals surface area (Å²) < 4.78 is 25.9. The Morgan fingerprint density at radius 2 is 1.70 bits per heavy atom. The van der Waals surface area contributed by atoms with Gasteiger partial charge in [0.15, 0.2) is 6.29 Å². The van der Waals surface area contributed by atoms with Crippen LogP contribution < -0.4 is 0 Å². The van der Waals surface area contributed by atoms with E-state index in [1.165, 1.54) is 16.0 Å².